The minimum absolute atomic E-state index is 0.231. The molecule has 0 radical (unpaired) electrons. The summed E-state index contributed by atoms with van der Waals surface area (Å²) in [5.41, 5.74) is 2.97. The van der Waals surface area contributed by atoms with Crippen LogP contribution in [0.4, 0.5) is 5.69 Å². The van der Waals surface area contributed by atoms with Crippen LogP contribution in [0, 0.1) is 0 Å². The first kappa shape index (κ1) is 20.2. The lowest BCUT2D eigenvalue weighted by molar-refractivity contribution is -0.143. The molecule has 7 heteroatoms. The second-order valence-electron chi connectivity index (χ2n) is 7.41. The highest BCUT2D eigenvalue weighted by Gasteiger charge is 2.36. The second kappa shape index (κ2) is 8.36. The van der Waals surface area contributed by atoms with Crippen LogP contribution in [-0.2, 0) is 9.53 Å². The number of hydrogen-bond acceptors (Lipinski definition) is 5. The van der Waals surface area contributed by atoms with Crippen molar-refractivity contribution in [2.24, 2.45) is 0 Å². The number of allylic oxidation sites excluding steroid dienone is 1. The lowest BCUT2D eigenvalue weighted by atomic mass is 9.94. The third-order valence-corrected chi connectivity index (χ3v) is 5.26. The number of nitrogens with one attached hydrogen (secondary N) is 1. The first-order chi connectivity index (χ1) is 14.5. The number of ether oxygens (including phenoxy) is 3. The highest BCUT2D eigenvalue weighted by atomic mass is 32.1. The Balaban J connectivity index is 1.80. The molecule has 6 nitrogen and oxygen atoms in total. The molecule has 30 heavy (non-hydrogen) atoms. The molecule has 156 valence electrons. The van der Waals surface area contributed by atoms with Crippen molar-refractivity contribution < 1.29 is 19.0 Å². The van der Waals surface area contributed by atoms with Gasteiger partial charge in [-0.05, 0) is 50.7 Å². The molecule has 0 saturated heterocycles. The van der Waals surface area contributed by atoms with E-state index in [1.54, 1.807) is 0 Å². The van der Waals surface area contributed by atoms with Crippen LogP contribution in [0.25, 0.3) is 0 Å². The first-order valence-electron chi connectivity index (χ1n) is 9.92. The van der Waals surface area contributed by atoms with Crippen molar-refractivity contribution in [3.8, 4) is 11.5 Å². The van der Waals surface area contributed by atoms with Crippen LogP contribution >= 0.6 is 12.2 Å². The normalized spacial score (nSPS) is 18.3. The van der Waals surface area contributed by atoms with Gasteiger partial charge in [0.05, 0.1) is 23.4 Å². The molecule has 2 heterocycles. The SMILES string of the molecule is CC1=C(C(=O)OC(C)C)[C@@H](c2ccccc2)NC(=S)N1c1ccc2c(c1)OCCO2. The fourth-order valence-electron chi connectivity index (χ4n) is 3.66. The second-order valence-corrected chi connectivity index (χ2v) is 7.80. The maximum absolute atomic E-state index is 13.1. The van der Waals surface area contributed by atoms with Gasteiger partial charge in [0.15, 0.2) is 16.6 Å². The predicted molar refractivity (Wildman–Crippen MR) is 119 cm³/mol. The molecule has 4 rings (SSSR count). The highest BCUT2D eigenvalue weighted by Crippen LogP contribution is 2.38. The Bertz CT molecular complexity index is 1000. The average Bonchev–Trinajstić information content (AvgIpc) is 2.73. The van der Waals surface area contributed by atoms with E-state index in [1.165, 1.54) is 0 Å². The van der Waals surface area contributed by atoms with Crippen LogP contribution in [-0.4, -0.2) is 30.4 Å². The molecule has 0 bridgehead atoms. The van der Waals surface area contributed by atoms with E-state index in [9.17, 15) is 4.79 Å². The van der Waals surface area contributed by atoms with E-state index in [0.717, 1.165) is 16.9 Å². The smallest absolute Gasteiger partial charge is 0.338 e. The molecule has 2 aliphatic heterocycles. The summed E-state index contributed by atoms with van der Waals surface area (Å²) in [6.07, 6.45) is -0.231. The quantitative estimate of drug-likeness (QED) is 0.585. The highest BCUT2D eigenvalue weighted by molar-refractivity contribution is 7.80. The number of thiocarbonyl (C=S) groups is 1. The van der Waals surface area contributed by atoms with Crippen LogP contribution in [0.1, 0.15) is 32.4 Å². The Morgan fingerprint density at radius 3 is 2.53 bits per heavy atom. The number of carbonyl (C=O) groups is 1. The van der Waals surface area contributed by atoms with E-state index in [4.69, 9.17) is 26.4 Å². The number of nitrogens with zero attached hydrogens (tertiary/aromatic N) is 1. The summed E-state index contributed by atoms with van der Waals surface area (Å²) in [4.78, 5) is 14.9. The fourth-order valence-corrected chi connectivity index (χ4v) is 4.02. The number of hydrogen-bond donors (Lipinski definition) is 1. The number of rotatable bonds is 4. The van der Waals surface area contributed by atoms with E-state index in [-0.39, 0.29) is 12.1 Å². The van der Waals surface area contributed by atoms with Crippen LogP contribution in [0.5, 0.6) is 11.5 Å². The zero-order valence-corrected chi connectivity index (χ0v) is 18.0. The van der Waals surface area contributed by atoms with Gasteiger partial charge in [-0.3, -0.25) is 4.90 Å². The molecule has 1 N–H and O–H groups in total. The van der Waals surface area contributed by atoms with Crippen molar-refractivity contribution in [2.75, 3.05) is 18.1 Å². The van der Waals surface area contributed by atoms with Gasteiger partial charge in [-0.1, -0.05) is 30.3 Å². The van der Waals surface area contributed by atoms with E-state index in [0.29, 0.717) is 35.4 Å². The Hall–Kier alpha value is -3.06. The van der Waals surface area contributed by atoms with Gasteiger partial charge in [-0.25, -0.2) is 4.79 Å². The standard InChI is InChI=1S/C23H24N2O4S/c1-14(2)29-22(26)20-15(3)25(17-9-10-18-19(13-17)28-12-11-27-18)23(30)24-21(20)16-7-5-4-6-8-16/h4-10,13-14,21H,11-12H2,1-3H3,(H,24,30)/t21-/m1/s1. The lowest BCUT2D eigenvalue weighted by Gasteiger charge is -2.38. The molecule has 0 fully saturated rings. The van der Waals surface area contributed by atoms with Crippen molar-refractivity contribution >= 4 is 29.0 Å². The third kappa shape index (κ3) is 3.85. The van der Waals surface area contributed by atoms with Crippen LogP contribution < -0.4 is 19.7 Å². The molecule has 2 aromatic carbocycles. The van der Waals surface area contributed by atoms with E-state index in [2.05, 4.69) is 5.32 Å². The van der Waals surface area contributed by atoms with Crippen molar-refractivity contribution in [3.05, 3.63) is 65.4 Å². The molecule has 0 spiro atoms. The molecule has 0 amide bonds. The van der Waals surface area contributed by atoms with Gasteiger partial charge in [-0.2, -0.15) is 0 Å². The third-order valence-electron chi connectivity index (χ3n) is 4.96. The van der Waals surface area contributed by atoms with Gasteiger partial charge in [0, 0.05) is 11.8 Å². The van der Waals surface area contributed by atoms with Crippen molar-refractivity contribution in [1.29, 1.82) is 0 Å². The minimum Gasteiger partial charge on any atom is -0.486 e. The molecule has 0 saturated carbocycles. The summed E-state index contributed by atoms with van der Waals surface area (Å²) in [5.74, 6) is 0.990. The maximum Gasteiger partial charge on any atom is 0.338 e. The van der Waals surface area contributed by atoms with Gasteiger partial charge < -0.3 is 19.5 Å². The summed E-state index contributed by atoms with van der Waals surface area (Å²) in [7, 11) is 0. The number of carbonyl (C=O) groups excluding carboxylic acids is 1. The lowest BCUT2D eigenvalue weighted by Crippen LogP contribution is -2.48. The van der Waals surface area contributed by atoms with Gasteiger partial charge in [0.25, 0.3) is 0 Å². The zero-order chi connectivity index (χ0) is 21.3. The molecule has 0 aromatic heterocycles. The molecule has 2 aliphatic rings. The minimum atomic E-state index is -0.390. The molecular weight excluding hydrogens is 400 g/mol. The van der Waals surface area contributed by atoms with Gasteiger partial charge in [0.1, 0.15) is 13.2 Å². The van der Waals surface area contributed by atoms with Crippen molar-refractivity contribution in [2.45, 2.75) is 32.9 Å². The number of esters is 1. The number of fused-ring (bicyclic) bond motifs is 1. The van der Waals surface area contributed by atoms with Crippen molar-refractivity contribution in [3.63, 3.8) is 0 Å². The Labute approximate surface area is 181 Å². The van der Waals surface area contributed by atoms with Gasteiger partial charge in [-0.15, -0.1) is 0 Å². The maximum atomic E-state index is 13.1. The summed E-state index contributed by atoms with van der Waals surface area (Å²) in [6.45, 7) is 6.58. The monoisotopic (exact) mass is 424 g/mol. The molecule has 0 unspecified atom stereocenters. The summed E-state index contributed by atoms with van der Waals surface area (Å²) in [6, 6.07) is 15.0. The fraction of sp³-hybridized carbons (Fsp3) is 0.304. The first-order valence-corrected chi connectivity index (χ1v) is 10.3. The average molecular weight is 425 g/mol. The molecule has 1 atom stereocenters. The number of benzene rings is 2. The van der Waals surface area contributed by atoms with E-state index in [1.807, 2.05) is 74.2 Å². The summed E-state index contributed by atoms with van der Waals surface area (Å²) >= 11 is 5.70. The number of anilines is 1. The van der Waals surface area contributed by atoms with E-state index < -0.39 is 6.04 Å². The zero-order valence-electron chi connectivity index (χ0n) is 17.2. The van der Waals surface area contributed by atoms with Crippen molar-refractivity contribution in [1.82, 2.24) is 5.32 Å². The van der Waals surface area contributed by atoms with Crippen LogP contribution in [0.3, 0.4) is 0 Å². The molecule has 2 aromatic rings. The van der Waals surface area contributed by atoms with Crippen LogP contribution in [0.15, 0.2) is 59.8 Å². The Morgan fingerprint density at radius 1 is 1.13 bits per heavy atom. The summed E-state index contributed by atoms with van der Waals surface area (Å²) < 4.78 is 16.9. The Kier molecular flexibility index (Phi) is 5.63. The Morgan fingerprint density at radius 2 is 1.83 bits per heavy atom. The molecule has 0 aliphatic carbocycles. The van der Waals surface area contributed by atoms with Gasteiger partial charge >= 0.3 is 5.97 Å². The van der Waals surface area contributed by atoms with E-state index >= 15 is 0 Å². The summed E-state index contributed by atoms with van der Waals surface area (Å²) in [5, 5.41) is 3.82. The molecular formula is C23H24N2O4S. The topological polar surface area (TPSA) is 60.0 Å². The largest absolute Gasteiger partial charge is 0.486 e. The van der Waals surface area contributed by atoms with Crippen LogP contribution in [0.2, 0.25) is 0 Å². The predicted octanol–water partition coefficient (Wildman–Crippen LogP) is 4.12. The van der Waals surface area contributed by atoms with Gasteiger partial charge in [0.2, 0.25) is 0 Å².